The highest BCUT2D eigenvalue weighted by atomic mass is 15.0. The molecule has 1 aliphatic heterocycles. The SMILES string of the molecule is CC1(C)CC(c2ccc(N)c(C3=CCCCC3)c2)CC(C)(C)N1. The lowest BCUT2D eigenvalue weighted by molar-refractivity contribution is 0.162. The summed E-state index contributed by atoms with van der Waals surface area (Å²) in [7, 11) is 0. The first-order valence-electron chi connectivity index (χ1n) is 9.14. The molecule has 1 aromatic carbocycles. The van der Waals surface area contributed by atoms with E-state index in [-0.39, 0.29) is 11.1 Å². The van der Waals surface area contributed by atoms with Crippen LogP contribution in [0.2, 0.25) is 0 Å². The molecule has 2 heteroatoms. The molecule has 2 aliphatic rings. The zero-order valence-corrected chi connectivity index (χ0v) is 15.2. The molecule has 0 atom stereocenters. The number of allylic oxidation sites excluding steroid dienone is 2. The van der Waals surface area contributed by atoms with Crippen molar-refractivity contribution in [2.45, 2.75) is 83.2 Å². The van der Waals surface area contributed by atoms with Crippen LogP contribution in [0.25, 0.3) is 5.57 Å². The zero-order valence-electron chi connectivity index (χ0n) is 15.2. The van der Waals surface area contributed by atoms with Gasteiger partial charge in [-0.15, -0.1) is 0 Å². The van der Waals surface area contributed by atoms with Gasteiger partial charge in [0.25, 0.3) is 0 Å². The zero-order chi connectivity index (χ0) is 16.7. The Hall–Kier alpha value is -1.28. The summed E-state index contributed by atoms with van der Waals surface area (Å²) in [6.45, 7) is 9.29. The van der Waals surface area contributed by atoms with Crippen molar-refractivity contribution >= 4 is 11.3 Å². The molecule has 0 bridgehead atoms. The molecule has 0 amide bonds. The van der Waals surface area contributed by atoms with Crippen LogP contribution in [0.4, 0.5) is 5.69 Å². The maximum atomic E-state index is 6.30. The molecule has 3 N–H and O–H groups in total. The highest BCUT2D eigenvalue weighted by Gasteiger charge is 2.38. The Labute approximate surface area is 141 Å². The average Bonchev–Trinajstić information content (AvgIpc) is 2.45. The van der Waals surface area contributed by atoms with E-state index < -0.39 is 0 Å². The second kappa shape index (κ2) is 5.98. The quantitative estimate of drug-likeness (QED) is 0.732. The second-order valence-electron chi connectivity index (χ2n) is 8.82. The van der Waals surface area contributed by atoms with Gasteiger partial charge in [-0.2, -0.15) is 0 Å². The van der Waals surface area contributed by atoms with Gasteiger partial charge >= 0.3 is 0 Å². The van der Waals surface area contributed by atoms with Gasteiger partial charge in [-0.1, -0.05) is 12.1 Å². The number of hydrogen-bond donors (Lipinski definition) is 2. The fourth-order valence-electron chi connectivity index (χ4n) is 4.75. The van der Waals surface area contributed by atoms with E-state index in [1.165, 1.54) is 55.2 Å². The molecule has 0 spiro atoms. The first-order valence-corrected chi connectivity index (χ1v) is 9.14. The van der Waals surface area contributed by atoms with Crippen molar-refractivity contribution in [3.63, 3.8) is 0 Å². The Morgan fingerprint density at radius 2 is 1.74 bits per heavy atom. The van der Waals surface area contributed by atoms with Gasteiger partial charge in [0.15, 0.2) is 0 Å². The van der Waals surface area contributed by atoms with E-state index in [1.807, 2.05) is 0 Å². The van der Waals surface area contributed by atoms with Crippen molar-refractivity contribution < 1.29 is 0 Å². The lowest BCUT2D eigenvalue weighted by Crippen LogP contribution is -2.57. The van der Waals surface area contributed by atoms with E-state index >= 15 is 0 Å². The molecule has 2 nitrogen and oxygen atoms in total. The van der Waals surface area contributed by atoms with Gasteiger partial charge in [0.05, 0.1) is 0 Å². The summed E-state index contributed by atoms with van der Waals surface area (Å²) in [6, 6.07) is 6.77. The van der Waals surface area contributed by atoms with E-state index in [4.69, 9.17) is 5.73 Å². The first-order chi connectivity index (χ1) is 10.8. The van der Waals surface area contributed by atoms with Gasteiger partial charge in [0.1, 0.15) is 0 Å². The predicted molar refractivity (Wildman–Crippen MR) is 101 cm³/mol. The maximum absolute atomic E-state index is 6.30. The van der Waals surface area contributed by atoms with Gasteiger partial charge in [0, 0.05) is 22.3 Å². The summed E-state index contributed by atoms with van der Waals surface area (Å²) < 4.78 is 0. The molecule has 23 heavy (non-hydrogen) atoms. The maximum Gasteiger partial charge on any atom is 0.0390 e. The fourth-order valence-corrected chi connectivity index (χ4v) is 4.75. The molecule has 0 saturated carbocycles. The van der Waals surface area contributed by atoms with E-state index in [1.54, 1.807) is 0 Å². The second-order valence-corrected chi connectivity index (χ2v) is 8.82. The molecule has 1 aromatic rings. The third-order valence-corrected chi connectivity index (χ3v) is 5.38. The Balaban J connectivity index is 1.92. The van der Waals surface area contributed by atoms with Crippen LogP contribution in [0.15, 0.2) is 24.3 Å². The molecular formula is C21H32N2. The van der Waals surface area contributed by atoms with E-state index in [2.05, 4.69) is 57.3 Å². The van der Waals surface area contributed by atoms with Crippen molar-refractivity contribution in [3.8, 4) is 0 Å². The lowest BCUT2D eigenvalue weighted by Gasteiger charge is -2.46. The number of piperidine rings is 1. The van der Waals surface area contributed by atoms with Crippen molar-refractivity contribution in [3.05, 3.63) is 35.4 Å². The number of anilines is 1. The Morgan fingerprint density at radius 3 is 2.35 bits per heavy atom. The number of benzene rings is 1. The minimum atomic E-state index is 0.179. The topological polar surface area (TPSA) is 38.0 Å². The van der Waals surface area contributed by atoms with Crippen LogP contribution in [0.3, 0.4) is 0 Å². The van der Waals surface area contributed by atoms with Gasteiger partial charge in [-0.05, 0) is 95.4 Å². The third kappa shape index (κ3) is 3.80. The molecule has 0 aromatic heterocycles. The van der Waals surface area contributed by atoms with Gasteiger partial charge in [-0.25, -0.2) is 0 Å². The third-order valence-electron chi connectivity index (χ3n) is 5.38. The number of hydrogen-bond acceptors (Lipinski definition) is 2. The normalized spacial score (nSPS) is 24.3. The van der Waals surface area contributed by atoms with E-state index in [0.29, 0.717) is 5.92 Å². The minimum absolute atomic E-state index is 0.179. The van der Waals surface area contributed by atoms with Gasteiger partial charge < -0.3 is 11.1 Å². The monoisotopic (exact) mass is 312 g/mol. The predicted octanol–water partition coefficient (Wildman–Crippen LogP) is 5.25. The standard InChI is InChI=1S/C21H32N2/c1-20(2)13-17(14-21(3,4)23-20)16-10-11-19(22)18(12-16)15-8-6-5-7-9-15/h8,10-12,17,23H,5-7,9,13-14,22H2,1-4H3. The lowest BCUT2D eigenvalue weighted by atomic mass is 9.73. The van der Waals surface area contributed by atoms with Crippen molar-refractivity contribution in [2.75, 3.05) is 5.73 Å². The van der Waals surface area contributed by atoms with Crippen molar-refractivity contribution in [1.29, 1.82) is 0 Å². The number of nitrogen functional groups attached to an aromatic ring is 1. The highest BCUT2D eigenvalue weighted by molar-refractivity contribution is 5.76. The minimum Gasteiger partial charge on any atom is -0.398 e. The molecular weight excluding hydrogens is 280 g/mol. The molecule has 0 radical (unpaired) electrons. The summed E-state index contributed by atoms with van der Waals surface area (Å²) in [4.78, 5) is 0. The van der Waals surface area contributed by atoms with Crippen LogP contribution in [0, 0.1) is 0 Å². The smallest absolute Gasteiger partial charge is 0.0390 e. The average molecular weight is 313 g/mol. The molecule has 0 unspecified atom stereocenters. The molecule has 1 saturated heterocycles. The van der Waals surface area contributed by atoms with E-state index in [9.17, 15) is 0 Å². The number of nitrogens with two attached hydrogens (primary N) is 1. The van der Waals surface area contributed by atoms with Crippen LogP contribution < -0.4 is 11.1 Å². The molecule has 1 aliphatic carbocycles. The van der Waals surface area contributed by atoms with Crippen molar-refractivity contribution in [2.24, 2.45) is 0 Å². The Morgan fingerprint density at radius 1 is 1.04 bits per heavy atom. The summed E-state index contributed by atoms with van der Waals surface area (Å²) in [5.41, 5.74) is 11.8. The summed E-state index contributed by atoms with van der Waals surface area (Å²) >= 11 is 0. The largest absolute Gasteiger partial charge is 0.398 e. The highest BCUT2D eigenvalue weighted by Crippen LogP contribution is 2.41. The number of nitrogens with one attached hydrogen (secondary N) is 1. The van der Waals surface area contributed by atoms with Crippen molar-refractivity contribution in [1.82, 2.24) is 5.32 Å². The van der Waals surface area contributed by atoms with Crippen LogP contribution in [-0.4, -0.2) is 11.1 Å². The van der Waals surface area contributed by atoms with Crippen LogP contribution in [0.5, 0.6) is 0 Å². The first kappa shape index (κ1) is 16.6. The number of rotatable bonds is 2. The molecule has 1 fully saturated rings. The van der Waals surface area contributed by atoms with E-state index in [0.717, 1.165) is 5.69 Å². The Bertz CT molecular complexity index is 594. The molecule has 1 heterocycles. The molecule has 3 rings (SSSR count). The van der Waals surface area contributed by atoms with Crippen LogP contribution in [0.1, 0.15) is 83.3 Å². The summed E-state index contributed by atoms with van der Waals surface area (Å²) in [6.07, 6.45) is 9.75. The Kier molecular flexibility index (Phi) is 4.31. The summed E-state index contributed by atoms with van der Waals surface area (Å²) in [5, 5.41) is 3.78. The van der Waals surface area contributed by atoms with Gasteiger partial charge in [0.2, 0.25) is 0 Å². The van der Waals surface area contributed by atoms with Crippen LogP contribution in [-0.2, 0) is 0 Å². The van der Waals surface area contributed by atoms with Crippen LogP contribution >= 0.6 is 0 Å². The molecule has 126 valence electrons. The fraction of sp³-hybridized carbons (Fsp3) is 0.619. The summed E-state index contributed by atoms with van der Waals surface area (Å²) in [5.74, 6) is 0.602. The van der Waals surface area contributed by atoms with Gasteiger partial charge in [-0.3, -0.25) is 0 Å².